The van der Waals surface area contributed by atoms with Crippen molar-refractivity contribution in [3.63, 3.8) is 0 Å². The van der Waals surface area contributed by atoms with Crippen LogP contribution in [0.25, 0.3) is 0 Å². The summed E-state index contributed by atoms with van der Waals surface area (Å²) in [4.78, 5) is 12.5. The van der Waals surface area contributed by atoms with Crippen molar-refractivity contribution >= 4 is 5.97 Å². The third-order valence-corrected chi connectivity index (χ3v) is 2.84. The number of nitrogens with zero attached hydrogens (tertiary/aromatic N) is 1. The van der Waals surface area contributed by atoms with E-state index in [-0.39, 0.29) is 18.4 Å². The molecule has 1 atom stereocenters. The predicted octanol–water partition coefficient (Wildman–Crippen LogP) is 2.68. The van der Waals surface area contributed by atoms with Crippen molar-refractivity contribution in [2.24, 2.45) is 0 Å². The Balaban J connectivity index is 2.97. The molecule has 4 heteroatoms. The van der Waals surface area contributed by atoms with E-state index < -0.39 is 5.97 Å². The van der Waals surface area contributed by atoms with E-state index in [2.05, 4.69) is 0 Å². The van der Waals surface area contributed by atoms with Crippen LogP contribution in [0.15, 0.2) is 24.3 Å². The van der Waals surface area contributed by atoms with Gasteiger partial charge in [0.2, 0.25) is 0 Å². The molecule has 1 aromatic carbocycles. The van der Waals surface area contributed by atoms with Crippen LogP contribution < -0.4 is 0 Å². The first-order chi connectivity index (χ1) is 8.10. The van der Waals surface area contributed by atoms with Crippen molar-refractivity contribution in [2.75, 3.05) is 13.1 Å². The second kappa shape index (κ2) is 6.35. The molecule has 1 aromatic rings. The molecular formula is C13H18FNO2. The van der Waals surface area contributed by atoms with Crippen LogP contribution in [0.3, 0.4) is 0 Å². The number of hydrogen-bond donors (Lipinski definition) is 1. The van der Waals surface area contributed by atoms with Crippen molar-refractivity contribution < 1.29 is 14.3 Å². The minimum Gasteiger partial charge on any atom is -0.480 e. The SMILES string of the molecule is CCC(c1ccccc1F)N(CC)CC(=O)O. The molecule has 0 saturated heterocycles. The number of carboxylic acid groups (broad SMARTS) is 1. The van der Waals surface area contributed by atoms with Gasteiger partial charge in [0, 0.05) is 11.6 Å². The van der Waals surface area contributed by atoms with E-state index in [1.165, 1.54) is 6.07 Å². The zero-order valence-electron chi connectivity index (χ0n) is 10.2. The highest BCUT2D eigenvalue weighted by Crippen LogP contribution is 2.25. The van der Waals surface area contributed by atoms with E-state index in [0.29, 0.717) is 18.5 Å². The average molecular weight is 239 g/mol. The molecule has 0 bridgehead atoms. The Morgan fingerprint density at radius 2 is 2.06 bits per heavy atom. The van der Waals surface area contributed by atoms with Crippen molar-refractivity contribution in [3.8, 4) is 0 Å². The fourth-order valence-corrected chi connectivity index (χ4v) is 2.04. The molecular weight excluding hydrogens is 221 g/mol. The number of halogens is 1. The van der Waals surface area contributed by atoms with E-state index in [1.807, 2.05) is 13.8 Å². The highest BCUT2D eigenvalue weighted by molar-refractivity contribution is 5.69. The number of aliphatic carboxylic acids is 1. The predicted molar refractivity (Wildman–Crippen MR) is 64.3 cm³/mol. The van der Waals surface area contributed by atoms with Gasteiger partial charge >= 0.3 is 5.97 Å². The number of benzene rings is 1. The number of carbonyl (C=O) groups is 1. The standard InChI is InChI=1S/C13H18FNO2/c1-3-12(15(4-2)9-13(16)17)10-7-5-6-8-11(10)14/h5-8,12H,3-4,9H2,1-2H3,(H,16,17). The van der Waals surface area contributed by atoms with Crippen LogP contribution in [-0.2, 0) is 4.79 Å². The Kier molecular flexibility index (Phi) is 5.10. The molecule has 0 aliphatic carbocycles. The number of likely N-dealkylation sites (N-methyl/N-ethyl adjacent to an activating group) is 1. The van der Waals surface area contributed by atoms with Gasteiger partial charge in [-0.1, -0.05) is 32.0 Å². The lowest BCUT2D eigenvalue weighted by Gasteiger charge is -2.29. The molecule has 17 heavy (non-hydrogen) atoms. The van der Waals surface area contributed by atoms with Gasteiger partial charge in [-0.3, -0.25) is 9.69 Å². The number of rotatable bonds is 6. The highest BCUT2D eigenvalue weighted by atomic mass is 19.1. The topological polar surface area (TPSA) is 40.5 Å². The van der Waals surface area contributed by atoms with Gasteiger partial charge in [0.25, 0.3) is 0 Å². The van der Waals surface area contributed by atoms with E-state index in [4.69, 9.17) is 5.11 Å². The zero-order valence-corrected chi connectivity index (χ0v) is 10.2. The normalized spacial score (nSPS) is 12.7. The van der Waals surface area contributed by atoms with Crippen molar-refractivity contribution in [3.05, 3.63) is 35.6 Å². The van der Waals surface area contributed by atoms with Gasteiger partial charge in [-0.2, -0.15) is 0 Å². The summed E-state index contributed by atoms with van der Waals surface area (Å²) in [7, 11) is 0. The smallest absolute Gasteiger partial charge is 0.317 e. The lowest BCUT2D eigenvalue weighted by atomic mass is 10.0. The number of hydrogen-bond acceptors (Lipinski definition) is 2. The van der Waals surface area contributed by atoms with E-state index >= 15 is 0 Å². The van der Waals surface area contributed by atoms with Crippen LogP contribution in [-0.4, -0.2) is 29.1 Å². The maximum Gasteiger partial charge on any atom is 0.317 e. The van der Waals surface area contributed by atoms with Crippen molar-refractivity contribution in [2.45, 2.75) is 26.3 Å². The lowest BCUT2D eigenvalue weighted by Crippen LogP contribution is -2.33. The van der Waals surface area contributed by atoms with Gasteiger partial charge in [0.05, 0.1) is 6.54 Å². The van der Waals surface area contributed by atoms with E-state index in [9.17, 15) is 9.18 Å². The third-order valence-electron chi connectivity index (χ3n) is 2.84. The Hall–Kier alpha value is -1.42. The van der Waals surface area contributed by atoms with Gasteiger partial charge in [-0.15, -0.1) is 0 Å². The van der Waals surface area contributed by atoms with Crippen LogP contribution in [0.1, 0.15) is 31.9 Å². The highest BCUT2D eigenvalue weighted by Gasteiger charge is 2.21. The minimum absolute atomic E-state index is 0.0661. The third kappa shape index (κ3) is 3.53. The van der Waals surface area contributed by atoms with Gasteiger partial charge in [-0.25, -0.2) is 4.39 Å². The molecule has 1 rings (SSSR count). The quantitative estimate of drug-likeness (QED) is 0.829. The van der Waals surface area contributed by atoms with Crippen LogP contribution in [0, 0.1) is 5.82 Å². The monoisotopic (exact) mass is 239 g/mol. The van der Waals surface area contributed by atoms with Gasteiger partial charge in [0.1, 0.15) is 5.82 Å². The molecule has 1 N–H and O–H groups in total. The fourth-order valence-electron chi connectivity index (χ4n) is 2.04. The summed E-state index contributed by atoms with van der Waals surface area (Å²) in [5.74, 6) is -1.16. The molecule has 94 valence electrons. The lowest BCUT2D eigenvalue weighted by molar-refractivity contribution is -0.139. The molecule has 0 saturated carbocycles. The maximum atomic E-state index is 13.7. The van der Waals surface area contributed by atoms with Crippen molar-refractivity contribution in [1.29, 1.82) is 0 Å². The Labute approximate surface area is 101 Å². The second-order valence-electron chi connectivity index (χ2n) is 3.90. The molecule has 0 heterocycles. The Morgan fingerprint density at radius 1 is 1.41 bits per heavy atom. The second-order valence-corrected chi connectivity index (χ2v) is 3.90. The summed E-state index contributed by atoms with van der Waals surface area (Å²) in [6, 6.07) is 6.35. The molecule has 0 spiro atoms. The number of carboxylic acids is 1. The molecule has 0 amide bonds. The first-order valence-corrected chi connectivity index (χ1v) is 5.80. The van der Waals surface area contributed by atoms with E-state index in [0.717, 1.165) is 0 Å². The van der Waals surface area contributed by atoms with Gasteiger partial charge in [0.15, 0.2) is 0 Å². The maximum absolute atomic E-state index is 13.7. The average Bonchev–Trinajstić information content (AvgIpc) is 2.30. The zero-order chi connectivity index (χ0) is 12.8. The Bertz CT molecular complexity index is 381. The molecule has 0 fully saturated rings. The van der Waals surface area contributed by atoms with Crippen molar-refractivity contribution in [1.82, 2.24) is 4.90 Å². The summed E-state index contributed by atoms with van der Waals surface area (Å²) in [5.41, 5.74) is 0.568. The molecule has 3 nitrogen and oxygen atoms in total. The Morgan fingerprint density at radius 3 is 2.53 bits per heavy atom. The first-order valence-electron chi connectivity index (χ1n) is 5.80. The summed E-state index contributed by atoms with van der Waals surface area (Å²) in [5, 5.41) is 8.84. The summed E-state index contributed by atoms with van der Waals surface area (Å²) in [6.07, 6.45) is 0.683. The van der Waals surface area contributed by atoms with Crippen LogP contribution in [0.4, 0.5) is 4.39 Å². The molecule has 0 radical (unpaired) electrons. The summed E-state index contributed by atoms with van der Waals surface area (Å²) >= 11 is 0. The molecule has 1 unspecified atom stereocenters. The van der Waals surface area contributed by atoms with Crippen LogP contribution in [0.5, 0.6) is 0 Å². The van der Waals surface area contributed by atoms with Crippen LogP contribution >= 0.6 is 0 Å². The van der Waals surface area contributed by atoms with Gasteiger partial charge < -0.3 is 5.11 Å². The fraction of sp³-hybridized carbons (Fsp3) is 0.462. The molecule has 0 aliphatic heterocycles. The first kappa shape index (κ1) is 13.6. The molecule has 0 aromatic heterocycles. The summed E-state index contributed by atoms with van der Waals surface area (Å²) in [6.45, 7) is 4.33. The van der Waals surface area contributed by atoms with Crippen LogP contribution in [0.2, 0.25) is 0 Å². The largest absolute Gasteiger partial charge is 0.480 e. The summed E-state index contributed by atoms with van der Waals surface area (Å²) < 4.78 is 13.7. The van der Waals surface area contributed by atoms with E-state index in [1.54, 1.807) is 23.1 Å². The van der Waals surface area contributed by atoms with Gasteiger partial charge in [-0.05, 0) is 19.0 Å². The molecule has 0 aliphatic rings. The minimum atomic E-state index is -0.887.